The number of hydrogen-bond acceptors (Lipinski definition) is 8. The first-order valence-electron chi connectivity index (χ1n) is 15.2. The Kier molecular flexibility index (Phi) is 12.0. The summed E-state index contributed by atoms with van der Waals surface area (Å²) >= 11 is 0. The number of allylic oxidation sites excluding steroid dienone is 2. The predicted octanol–water partition coefficient (Wildman–Crippen LogP) is 3.88. The maximum Gasteiger partial charge on any atom is 0.274 e. The van der Waals surface area contributed by atoms with Crippen molar-refractivity contribution in [1.29, 1.82) is 0 Å². The highest BCUT2D eigenvalue weighted by molar-refractivity contribution is 6.07. The van der Waals surface area contributed by atoms with Crippen LogP contribution in [0, 0.1) is 0 Å². The van der Waals surface area contributed by atoms with E-state index in [1.54, 1.807) is 68.3 Å². The standard InChI is InChI=1S/C34H42N6O6/c1-6-23(16-24(7-2)37-33(43)27-10-8-9-15-35-27)32(42)39-26-17-29(40(4)20-26)34(44)38-25-13-11-22(12-14-25)19-36-28-18-30(45-5)46-21(3)31(28)41/h7-17,20-21,28,30-31,36,41H,6,18-19H2,1-5H3,(H,37,43)(H,38,44)(H,39,42)/b23-16+,24-7+. The van der Waals surface area contributed by atoms with Crippen molar-refractivity contribution in [3.05, 3.63) is 101 Å². The molecule has 3 heterocycles. The highest BCUT2D eigenvalue weighted by Crippen LogP contribution is 2.22. The minimum Gasteiger partial charge on any atom is -0.389 e. The fourth-order valence-corrected chi connectivity index (χ4v) is 5.02. The van der Waals surface area contributed by atoms with Gasteiger partial charge >= 0.3 is 0 Å². The average Bonchev–Trinajstić information content (AvgIpc) is 3.43. The predicted molar refractivity (Wildman–Crippen MR) is 175 cm³/mol. The van der Waals surface area contributed by atoms with Crippen molar-refractivity contribution in [3.63, 3.8) is 0 Å². The molecule has 12 nitrogen and oxygen atoms in total. The molecular formula is C34H42N6O6. The molecule has 2 aromatic heterocycles. The lowest BCUT2D eigenvalue weighted by molar-refractivity contribution is -0.215. The lowest BCUT2D eigenvalue weighted by Gasteiger charge is -2.37. The number of carbonyl (C=O) groups excluding carboxylic acids is 3. The van der Waals surface area contributed by atoms with Crippen LogP contribution in [0.5, 0.6) is 0 Å². The van der Waals surface area contributed by atoms with Crippen LogP contribution in [0.15, 0.2) is 84.3 Å². The number of nitrogens with zero attached hydrogens (tertiary/aromatic N) is 2. The summed E-state index contributed by atoms with van der Waals surface area (Å²) in [5.41, 5.74) is 3.59. The summed E-state index contributed by atoms with van der Waals surface area (Å²) in [5, 5.41) is 22.4. The van der Waals surface area contributed by atoms with Gasteiger partial charge in [-0.1, -0.05) is 31.2 Å². The summed E-state index contributed by atoms with van der Waals surface area (Å²) < 4.78 is 12.6. The Hall–Kier alpha value is -4.62. The van der Waals surface area contributed by atoms with Gasteiger partial charge in [0.05, 0.1) is 17.9 Å². The molecule has 5 N–H and O–H groups in total. The van der Waals surface area contributed by atoms with Crippen molar-refractivity contribution in [2.24, 2.45) is 7.05 Å². The molecule has 0 radical (unpaired) electrons. The van der Waals surface area contributed by atoms with Gasteiger partial charge in [0.15, 0.2) is 6.29 Å². The van der Waals surface area contributed by atoms with E-state index in [9.17, 15) is 19.5 Å². The van der Waals surface area contributed by atoms with Gasteiger partial charge in [-0.3, -0.25) is 19.4 Å². The molecule has 1 aliphatic heterocycles. The highest BCUT2D eigenvalue weighted by Gasteiger charge is 2.35. The molecule has 4 atom stereocenters. The second-order valence-corrected chi connectivity index (χ2v) is 11.0. The number of carbonyl (C=O) groups is 3. The van der Waals surface area contributed by atoms with E-state index in [0.29, 0.717) is 47.7 Å². The number of hydrogen-bond donors (Lipinski definition) is 5. The topological polar surface area (TPSA) is 156 Å². The first kappa shape index (κ1) is 34.3. The van der Waals surface area contributed by atoms with Crippen LogP contribution < -0.4 is 21.3 Å². The van der Waals surface area contributed by atoms with Crippen LogP contribution in [0.25, 0.3) is 0 Å². The Morgan fingerprint density at radius 1 is 1.11 bits per heavy atom. The molecule has 1 aliphatic rings. The molecule has 1 fully saturated rings. The molecule has 0 bridgehead atoms. The summed E-state index contributed by atoms with van der Waals surface area (Å²) in [7, 11) is 3.31. The molecule has 4 rings (SSSR count). The minimum absolute atomic E-state index is 0.174. The second-order valence-electron chi connectivity index (χ2n) is 11.0. The van der Waals surface area contributed by atoms with Crippen LogP contribution >= 0.6 is 0 Å². The van der Waals surface area contributed by atoms with Gasteiger partial charge in [0, 0.05) is 62.5 Å². The number of benzene rings is 1. The summed E-state index contributed by atoms with van der Waals surface area (Å²) in [6.45, 7) is 5.95. The zero-order valence-corrected chi connectivity index (χ0v) is 26.7. The van der Waals surface area contributed by atoms with Gasteiger partial charge in [-0.25, -0.2) is 0 Å². The third-order valence-corrected chi connectivity index (χ3v) is 7.71. The average molecular weight is 631 g/mol. The lowest BCUT2D eigenvalue weighted by Crippen LogP contribution is -2.53. The van der Waals surface area contributed by atoms with Gasteiger partial charge in [0.2, 0.25) is 0 Å². The van der Waals surface area contributed by atoms with Gasteiger partial charge in [0.25, 0.3) is 17.7 Å². The molecule has 12 heteroatoms. The first-order chi connectivity index (χ1) is 22.1. The maximum atomic E-state index is 13.1. The molecule has 1 saturated heterocycles. The number of aromatic nitrogens is 2. The monoisotopic (exact) mass is 630 g/mol. The van der Waals surface area contributed by atoms with E-state index >= 15 is 0 Å². The number of ether oxygens (including phenoxy) is 2. The van der Waals surface area contributed by atoms with Gasteiger partial charge in [0.1, 0.15) is 11.4 Å². The molecule has 0 spiro atoms. The highest BCUT2D eigenvalue weighted by atomic mass is 16.7. The molecule has 0 saturated carbocycles. The molecule has 46 heavy (non-hydrogen) atoms. The number of pyridine rings is 1. The van der Waals surface area contributed by atoms with E-state index in [2.05, 4.69) is 26.3 Å². The van der Waals surface area contributed by atoms with Crippen LogP contribution in [0.3, 0.4) is 0 Å². The lowest BCUT2D eigenvalue weighted by atomic mass is 9.99. The van der Waals surface area contributed by atoms with Crippen LogP contribution in [0.2, 0.25) is 0 Å². The van der Waals surface area contributed by atoms with Gasteiger partial charge in [-0.2, -0.15) is 0 Å². The largest absolute Gasteiger partial charge is 0.389 e. The van der Waals surface area contributed by atoms with Crippen LogP contribution in [-0.2, 0) is 27.9 Å². The molecule has 1 aromatic carbocycles. The van der Waals surface area contributed by atoms with Crippen LogP contribution in [-0.4, -0.2) is 64.0 Å². The molecule has 3 aromatic rings. The van der Waals surface area contributed by atoms with E-state index < -0.39 is 6.10 Å². The zero-order chi connectivity index (χ0) is 33.2. The number of amides is 3. The molecule has 0 aliphatic carbocycles. The van der Waals surface area contributed by atoms with E-state index in [1.807, 2.05) is 38.1 Å². The quantitative estimate of drug-likeness (QED) is 0.149. The summed E-state index contributed by atoms with van der Waals surface area (Å²) in [6, 6.07) is 13.9. The third kappa shape index (κ3) is 8.98. The Morgan fingerprint density at radius 2 is 1.87 bits per heavy atom. The number of nitrogens with one attached hydrogen (secondary N) is 4. The number of aryl methyl sites for hydroxylation is 1. The normalized spacial score (nSPS) is 20.2. The van der Waals surface area contributed by atoms with Gasteiger partial charge in [-0.15, -0.1) is 0 Å². The summed E-state index contributed by atoms with van der Waals surface area (Å²) in [6.07, 6.45) is 6.11. The van der Waals surface area contributed by atoms with Crippen molar-refractivity contribution < 1.29 is 29.0 Å². The van der Waals surface area contributed by atoms with E-state index in [4.69, 9.17) is 9.47 Å². The van der Waals surface area contributed by atoms with Crippen molar-refractivity contribution >= 4 is 29.1 Å². The molecular weight excluding hydrogens is 588 g/mol. The number of aliphatic hydroxyl groups is 1. The number of methoxy groups -OCH3 is 1. The Balaban J connectivity index is 1.33. The SMILES string of the molecule is C/C=C(\C=C(/CC)C(=O)Nc1cc(C(=O)Nc2ccc(CNC3CC(OC)OC(C)C3O)cc2)n(C)c1)NC(=O)c1ccccn1. The first-order valence-corrected chi connectivity index (χ1v) is 15.2. The molecule has 244 valence electrons. The van der Waals surface area contributed by atoms with Gasteiger partial charge in [-0.05, 0) is 62.2 Å². The Morgan fingerprint density at radius 3 is 2.52 bits per heavy atom. The van der Waals surface area contributed by atoms with E-state index in [0.717, 1.165) is 5.56 Å². The number of anilines is 2. The minimum atomic E-state index is -0.648. The molecule has 3 amide bonds. The smallest absolute Gasteiger partial charge is 0.274 e. The summed E-state index contributed by atoms with van der Waals surface area (Å²) in [4.78, 5) is 42.8. The van der Waals surface area contributed by atoms with Crippen molar-refractivity contribution in [3.8, 4) is 0 Å². The van der Waals surface area contributed by atoms with Crippen molar-refractivity contribution in [2.45, 2.75) is 64.7 Å². The van der Waals surface area contributed by atoms with Crippen LogP contribution in [0.4, 0.5) is 11.4 Å². The molecule has 4 unspecified atom stereocenters. The van der Waals surface area contributed by atoms with Crippen molar-refractivity contribution in [1.82, 2.24) is 20.2 Å². The Bertz CT molecular complexity index is 1570. The fraction of sp³-hybridized carbons (Fsp3) is 0.353. The van der Waals surface area contributed by atoms with Crippen LogP contribution in [0.1, 0.15) is 60.2 Å². The fourth-order valence-electron chi connectivity index (χ4n) is 5.02. The zero-order valence-electron chi connectivity index (χ0n) is 26.7. The van der Waals surface area contributed by atoms with E-state index in [-0.39, 0.29) is 41.9 Å². The maximum absolute atomic E-state index is 13.1. The van der Waals surface area contributed by atoms with Crippen molar-refractivity contribution in [2.75, 3.05) is 17.7 Å². The second kappa shape index (κ2) is 16.1. The Labute approximate surface area is 268 Å². The summed E-state index contributed by atoms with van der Waals surface area (Å²) in [5.74, 6) is -1.06. The number of aliphatic hydroxyl groups excluding tert-OH is 1. The van der Waals surface area contributed by atoms with Gasteiger partial charge < -0.3 is 40.4 Å². The van der Waals surface area contributed by atoms with E-state index in [1.165, 1.54) is 6.20 Å². The number of rotatable bonds is 12. The third-order valence-electron chi connectivity index (χ3n) is 7.71.